The van der Waals surface area contributed by atoms with Crippen molar-refractivity contribution in [3.8, 4) is 0 Å². The highest BCUT2D eigenvalue weighted by Crippen LogP contribution is 2.46. The van der Waals surface area contributed by atoms with Gasteiger partial charge in [0.15, 0.2) is 0 Å². The molecule has 0 bridgehead atoms. The molecule has 0 radical (unpaired) electrons. The molecule has 1 saturated carbocycles. The first-order valence-electron chi connectivity index (χ1n) is 10.0. The van der Waals surface area contributed by atoms with Gasteiger partial charge in [-0.15, -0.1) is 0 Å². The lowest BCUT2D eigenvalue weighted by Crippen LogP contribution is -2.54. The Hall–Kier alpha value is -2.86. The molecule has 4 rings (SSSR count). The molecule has 1 saturated heterocycles. The van der Waals surface area contributed by atoms with Gasteiger partial charge in [0.2, 0.25) is 0 Å². The SMILES string of the molecule is CN(C)C1(c2ccccc2)CCC2(CC1)CN(c1ccc(C(=O)O)cc1)C(=O)N2. The molecule has 2 N–H and O–H groups in total. The Bertz CT molecular complexity index is 901. The molecule has 1 spiro atoms. The lowest BCUT2D eigenvalue weighted by Gasteiger charge is -2.48. The average Bonchev–Trinajstić information content (AvgIpc) is 3.05. The van der Waals surface area contributed by atoms with Gasteiger partial charge in [0.05, 0.1) is 17.6 Å². The number of rotatable bonds is 4. The molecule has 29 heavy (non-hydrogen) atoms. The number of carbonyl (C=O) groups is 2. The smallest absolute Gasteiger partial charge is 0.335 e. The van der Waals surface area contributed by atoms with Crippen LogP contribution in [-0.4, -0.2) is 48.2 Å². The standard InChI is InChI=1S/C23H27N3O3/c1-25(2)23(18-6-4-3-5-7-18)14-12-22(13-15-23)16-26(21(29)24-22)19-10-8-17(9-11-19)20(27)28/h3-11H,12-16H2,1-2H3,(H,24,29)(H,27,28). The second kappa shape index (κ2) is 7.19. The van der Waals surface area contributed by atoms with Gasteiger partial charge in [0, 0.05) is 11.2 Å². The second-order valence-electron chi connectivity index (χ2n) is 8.44. The van der Waals surface area contributed by atoms with Gasteiger partial charge in [-0.3, -0.25) is 9.80 Å². The van der Waals surface area contributed by atoms with Gasteiger partial charge in [-0.05, 0) is 69.6 Å². The summed E-state index contributed by atoms with van der Waals surface area (Å²) in [5.74, 6) is -0.966. The minimum absolute atomic E-state index is 0.0200. The lowest BCUT2D eigenvalue weighted by atomic mass is 9.69. The van der Waals surface area contributed by atoms with Gasteiger partial charge in [-0.1, -0.05) is 30.3 Å². The van der Waals surface area contributed by atoms with Crippen molar-refractivity contribution in [2.24, 2.45) is 0 Å². The van der Waals surface area contributed by atoms with Crippen LogP contribution >= 0.6 is 0 Å². The fourth-order valence-electron chi connectivity index (χ4n) is 4.87. The summed E-state index contributed by atoms with van der Waals surface area (Å²) in [6.45, 7) is 0.608. The molecule has 1 heterocycles. The zero-order valence-corrected chi connectivity index (χ0v) is 16.9. The maximum atomic E-state index is 12.7. The van der Waals surface area contributed by atoms with Crippen molar-refractivity contribution in [2.75, 3.05) is 25.5 Å². The number of amides is 2. The highest BCUT2D eigenvalue weighted by molar-refractivity contribution is 5.96. The van der Waals surface area contributed by atoms with Crippen LogP contribution in [0.4, 0.5) is 10.5 Å². The minimum atomic E-state index is -0.966. The normalized spacial score (nSPS) is 26.7. The van der Waals surface area contributed by atoms with E-state index in [4.69, 9.17) is 5.11 Å². The van der Waals surface area contributed by atoms with Gasteiger partial charge in [-0.25, -0.2) is 9.59 Å². The molecule has 6 nitrogen and oxygen atoms in total. The fourth-order valence-corrected chi connectivity index (χ4v) is 4.87. The van der Waals surface area contributed by atoms with Crippen LogP contribution in [0.1, 0.15) is 41.6 Å². The summed E-state index contributed by atoms with van der Waals surface area (Å²) in [4.78, 5) is 27.8. The molecular formula is C23H27N3O3. The van der Waals surface area contributed by atoms with E-state index in [0.717, 1.165) is 31.4 Å². The van der Waals surface area contributed by atoms with E-state index in [9.17, 15) is 9.59 Å². The number of nitrogens with one attached hydrogen (secondary N) is 1. The van der Waals surface area contributed by atoms with Crippen molar-refractivity contribution in [2.45, 2.75) is 36.8 Å². The van der Waals surface area contributed by atoms with Gasteiger partial charge in [0.25, 0.3) is 0 Å². The van der Waals surface area contributed by atoms with Crippen LogP contribution in [0.15, 0.2) is 54.6 Å². The number of carbonyl (C=O) groups excluding carboxylic acids is 1. The molecule has 0 unspecified atom stereocenters. The largest absolute Gasteiger partial charge is 0.478 e. The Balaban J connectivity index is 1.53. The summed E-state index contributed by atoms with van der Waals surface area (Å²) >= 11 is 0. The van der Waals surface area contributed by atoms with E-state index in [1.807, 2.05) is 6.07 Å². The van der Waals surface area contributed by atoms with Crippen molar-refractivity contribution in [3.05, 3.63) is 65.7 Å². The van der Waals surface area contributed by atoms with Gasteiger partial charge < -0.3 is 10.4 Å². The molecule has 2 aromatic rings. The Morgan fingerprint density at radius 2 is 1.62 bits per heavy atom. The number of carboxylic acid groups (broad SMARTS) is 1. The third-order valence-corrected chi connectivity index (χ3v) is 6.71. The molecule has 0 aromatic heterocycles. The number of benzene rings is 2. The van der Waals surface area contributed by atoms with Crippen molar-refractivity contribution >= 4 is 17.7 Å². The summed E-state index contributed by atoms with van der Waals surface area (Å²) in [6, 6.07) is 17.0. The molecule has 1 aliphatic heterocycles. The molecule has 1 aliphatic carbocycles. The van der Waals surface area contributed by atoms with Gasteiger partial charge in [0.1, 0.15) is 0 Å². The zero-order valence-electron chi connectivity index (χ0n) is 16.9. The van der Waals surface area contributed by atoms with Crippen molar-refractivity contribution in [1.29, 1.82) is 0 Å². The van der Waals surface area contributed by atoms with E-state index < -0.39 is 5.97 Å². The topological polar surface area (TPSA) is 72.9 Å². The number of urea groups is 1. The Kier molecular flexibility index (Phi) is 4.82. The van der Waals surface area contributed by atoms with Crippen molar-refractivity contribution in [1.82, 2.24) is 10.2 Å². The molecule has 0 atom stereocenters. The first-order valence-corrected chi connectivity index (χ1v) is 10.0. The third-order valence-electron chi connectivity index (χ3n) is 6.71. The summed E-state index contributed by atoms with van der Waals surface area (Å²) in [6.07, 6.45) is 3.73. The van der Waals surface area contributed by atoms with E-state index in [-0.39, 0.29) is 22.7 Å². The predicted octanol–water partition coefficient (Wildman–Crippen LogP) is 3.68. The highest BCUT2D eigenvalue weighted by atomic mass is 16.4. The van der Waals surface area contributed by atoms with Crippen LogP contribution in [0.3, 0.4) is 0 Å². The van der Waals surface area contributed by atoms with Crippen LogP contribution in [0.2, 0.25) is 0 Å². The molecule has 2 amide bonds. The first-order chi connectivity index (χ1) is 13.9. The van der Waals surface area contributed by atoms with Crippen molar-refractivity contribution in [3.63, 3.8) is 0 Å². The second-order valence-corrected chi connectivity index (χ2v) is 8.44. The van der Waals surface area contributed by atoms with E-state index in [1.54, 1.807) is 29.2 Å². The van der Waals surface area contributed by atoms with Crippen molar-refractivity contribution < 1.29 is 14.7 Å². The maximum absolute atomic E-state index is 12.7. The maximum Gasteiger partial charge on any atom is 0.335 e. The molecule has 2 aromatic carbocycles. The van der Waals surface area contributed by atoms with E-state index in [1.165, 1.54) is 5.56 Å². The fraction of sp³-hybridized carbons (Fsp3) is 0.391. The van der Waals surface area contributed by atoms with Crippen LogP contribution in [-0.2, 0) is 5.54 Å². The Morgan fingerprint density at radius 3 is 2.17 bits per heavy atom. The number of aromatic carboxylic acids is 1. The van der Waals surface area contributed by atoms with Gasteiger partial charge >= 0.3 is 12.0 Å². The summed E-state index contributed by atoms with van der Waals surface area (Å²) < 4.78 is 0. The van der Waals surface area contributed by atoms with Gasteiger partial charge in [-0.2, -0.15) is 0 Å². The lowest BCUT2D eigenvalue weighted by molar-refractivity contribution is 0.0657. The quantitative estimate of drug-likeness (QED) is 0.831. The highest BCUT2D eigenvalue weighted by Gasteiger charge is 2.50. The molecular weight excluding hydrogens is 366 g/mol. The predicted molar refractivity (Wildman–Crippen MR) is 112 cm³/mol. The summed E-state index contributed by atoms with van der Waals surface area (Å²) in [5, 5.41) is 12.3. The van der Waals surface area contributed by atoms with Crippen LogP contribution < -0.4 is 10.2 Å². The minimum Gasteiger partial charge on any atom is -0.478 e. The molecule has 152 valence electrons. The summed E-state index contributed by atoms with van der Waals surface area (Å²) in [5.41, 5.74) is 2.02. The van der Waals surface area contributed by atoms with E-state index >= 15 is 0 Å². The van der Waals surface area contributed by atoms with E-state index in [0.29, 0.717) is 6.54 Å². The van der Waals surface area contributed by atoms with Crippen LogP contribution in [0.5, 0.6) is 0 Å². The monoisotopic (exact) mass is 393 g/mol. The molecule has 6 heteroatoms. The number of hydrogen-bond acceptors (Lipinski definition) is 3. The average molecular weight is 393 g/mol. The Labute approximate surface area is 171 Å². The first kappa shape index (κ1) is 19.5. The number of carboxylic acids is 1. The number of hydrogen-bond donors (Lipinski definition) is 2. The molecule has 2 fully saturated rings. The summed E-state index contributed by atoms with van der Waals surface area (Å²) in [7, 11) is 4.27. The molecule has 2 aliphatic rings. The van der Waals surface area contributed by atoms with E-state index in [2.05, 4.69) is 48.6 Å². The number of nitrogens with zero attached hydrogens (tertiary/aromatic N) is 2. The zero-order chi connectivity index (χ0) is 20.6. The Morgan fingerprint density at radius 1 is 1.00 bits per heavy atom. The van der Waals surface area contributed by atoms with Crippen LogP contribution in [0.25, 0.3) is 0 Å². The van der Waals surface area contributed by atoms with Crippen LogP contribution in [0, 0.1) is 0 Å². The number of anilines is 1. The third kappa shape index (κ3) is 3.38.